The Hall–Kier alpha value is -2.56. The topological polar surface area (TPSA) is 53.9 Å². The Morgan fingerprint density at radius 2 is 2.00 bits per heavy atom. The fraction of sp³-hybridized carbons (Fsp3) is 0.316. The molecule has 2 aliphatic rings. The Balaban J connectivity index is 1.94. The second kappa shape index (κ2) is 4.97. The van der Waals surface area contributed by atoms with Crippen LogP contribution in [0.15, 0.2) is 23.3 Å². The molecule has 1 N–H and O–H groups in total. The van der Waals surface area contributed by atoms with Crippen molar-refractivity contribution < 1.29 is 4.39 Å². The molecular weight excluding hydrogens is 303 g/mol. The molecule has 0 amide bonds. The van der Waals surface area contributed by atoms with Gasteiger partial charge in [-0.05, 0) is 43.7 Å². The Kier molecular flexibility index (Phi) is 2.86. The van der Waals surface area contributed by atoms with Crippen LogP contribution in [0.25, 0.3) is 27.4 Å². The van der Waals surface area contributed by atoms with Gasteiger partial charge in [0.1, 0.15) is 5.52 Å². The number of hydrogen-bond acceptors (Lipinski definition) is 3. The fourth-order valence-electron chi connectivity index (χ4n) is 4.08. The van der Waals surface area contributed by atoms with E-state index >= 15 is 0 Å². The highest BCUT2D eigenvalue weighted by Crippen LogP contribution is 2.38. The third-order valence-corrected chi connectivity index (χ3v) is 5.22. The lowest BCUT2D eigenvalue weighted by atomic mass is 9.85. The van der Waals surface area contributed by atoms with Crippen LogP contribution in [0.2, 0.25) is 0 Å². The van der Waals surface area contributed by atoms with Crippen molar-refractivity contribution in [2.75, 3.05) is 6.54 Å². The standard InChI is InChI=1S/C19H17FN4/c1-10-11(6-7-21-10)18-13-5-3-2-4-12(13)17-14-9-22-24-16(14)8-15(20)19(17)23-18/h6,8-9H,2-5,7H2,1H3,(H,22,24). The van der Waals surface area contributed by atoms with E-state index in [0.29, 0.717) is 12.1 Å². The van der Waals surface area contributed by atoms with Gasteiger partial charge in [-0.15, -0.1) is 0 Å². The Bertz CT molecular complexity index is 1060. The molecule has 2 aromatic heterocycles. The van der Waals surface area contributed by atoms with Crippen LogP contribution in [0.3, 0.4) is 0 Å². The smallest absolute Gasteiger partial charge is 0.151 e. The van der Waals surface area contributed by atoms with Gasteiger partial charge in [-0.25, -0.2) is 9.37 Å². The summed E-state index contributed by atoms with van der Waals surface area (Å²) < 4.78 is 14.8. The minimum absolute atomic E-state index is 0.287. The number of H-pyrrole nitrogens is 1. The van der Waals surface area contributed by atoms with Gasteiger partial charge in [0, 0.05) is 28.1 Å². The molecule has 0 unspecified atom stereocenters. The zero-order valence-electron chi connectivity index (χ0n) is 13.5. The van der Waals surface area contributed by atoms with Gasteiger partial charge in [-0.2, -0.15) is 5.10 Å². The molecule has 3 aromatic rings. The van der Waals surface area contributed by atoms with E-state index in [1.807, 2.05) is 6.92 Å². The molecule has 3 heterocycles. The van der Waals surface area contributed by atoms with E-state index in [1.54, 1.807) is 6.20 Å². The Labute approximate surface area is 138 Å². The maximum Gasteiger partial charge on any atom is 0.151 e. The first-order valence-electron chi connectivity index (χ1n) is 8.43. The van der Waals surface area contributed by atoms with E-state index in [2.05, 4.69) is 21.3 Å². The highest BCUT2D eigenvalue weighted by atomic mass is 19.1. The molecular formula is C19H17FN4. The molecule has 1 aliphatic carbocycles. The summed E-state index contributed by atoms with van der Waals surface area (Å²) in [5.41, 5.74) is 6.71. The summed E-state index contributed by atoms with van der Waals surface area (Å²) in [6.07, 6.45) is 8.14. The van der Waals surface area contributed by atoms with Crippen molar-refractivity contribution in [3.8, 4) is 0 Å². The number of nitrogens with zero attached hydrogens (tertiary/aromatic N) is 3. The van der Waals surface area contributed by atoms with Gasteiger partial charge in [-0.3, -0.25) is 10.1 Å². The van der Waals surface area contributed by atoms with E-state index in [9.17, 15) is 4.39 Å². The summed E-state index contributed by atoms with van der Waals surface area (Å²) in [7, 11) is 0. The lowest BCUT2D eigenvalue weighted by Crippen LogP contribution is -2.11. The second-order valence-electron chi connectivity index (χ2n) is 6.58. The van der Waals surface area contributed by atoms with Crippen molar-refractivity contribution in [3.05, 3.63) is 41.0 Å². The number of benzene rings is 1. The van der Waals surface area contributed by atoms with Crippen LogP contribution in [0.4, 0.5) is 4.39 Å². The van der Waals surface area contributed by atoms with E-state index in [1.165, 1.54) is 17.2 Å². The third-order valence-electron chi connectivity index (χ3n) is 5.22. The average molecular weight is 320 g/mol. The molecule has 0 saturated heterocycles. The van der Waals surface area contributed by atoms with Crippen LogP contribution in [-0.4, -0.2) is 27.4 Å². The predicted molar refractivity (Wildman–Crippen MR) is 93.9 cm³/mol. The molecule has 0 atom stereocenters. The van der Waals surface area contributed by atoms with Crippen LogP contribution in [0.1, 0.15) is 36.6 Å². The van der Waals surface area contributed by atoms with E-state index in [4.69, 9.17) is 4.98 Å². The van der Waals surface area contributed by atoms with Crippen molar-refractivity contribution in [2.45, 2.75) is 32.6 Å². The zero-order chi connectivity index (χ0) is 16.3. The molecule has 5 heteroatoms. The van der Waals surface area contributed by atoms with Crippen LogP contribution < -0.4 is 0 Å². The number of rotatable bonds is 1. The van der Waals surface area contributed by atoms with Crippen molar-refractivity contribution in [2.24, 2.45) is 4.99 Å². The fourth-order valence-corrected chi connectivity index (χ4v) is 4.08. The maximum atomic E-state index is 14.8. The molecule has 0 saturated carbocycles. The number of pyridine rings is 1. The zero-order valence-corrected chi connectivity index (χ0v) is 13.5. The lowest BCUT2D eigenvalue weighted by molar-refractivity contribution is 0.636. The maximum absolute atomic E-state index is 14.8. The van der Waals surface area contributed by atoms with Gasteiger partial charge in [-0.1, -0.05) is 6.08 Å². The first-order chi connectivity index (χ1) is 11.7. The Morgan fingerprint density at radius 3 is 2.79 bits per heavy atom. The number of hydrogen-bond donors (Lipinski definition) is 1. The van der Waals surface area contributed by atoms with Crippen LogP contribution in [-0.2, 0) is 12.8 Å². The summed E-state index contributed by atoms with van der Waals surface area (Å²) in [6.45, 7) is 2.70. The van der Waals surface area contributed by atoms with Gasteiger partial charge in [0.05, 0.1) is 24.0 Å². The normalized spacial score (nSPS) is 17.2. The lowest BCUT2D eigenvalue weighted by Gasteiger charge is -2.22. The molecule has 0 spiro atoms. The molecule has 24 heavy (non-hydrogen) atoms. The Morgan fingerprint density at radius 1 is 1.17 bits per heavy atom. The van der Waals surface area contributed by atoms with Crippen LogP contribution >= 0.6 is 0 Å². The quantitative estimate of drug-likeness (QED) is 0.737. The summed E-state index contributed by atoms with van der Waals surface area (Å²) in [4.78, 5) is 9.25. The molecule has 120 valence electrons. The van der Waals surface area contributed by atoms with Gasteiger partial charge in [0.25, 0.3) is 0 Å². The number of aliphatic imine (C=N–C) groups is 1. The third kappa shape index (κ3) is 1.81. The first-order valence-corrected chi connectivity index (χ1v) is 8.43. The van der Waals surface area contributed by atoms with Crippen LogP contribution in [0.5, 0.6) is 0 Å². The molecule has 1 aromatic carbocycles. The van der Waals surface area contributed by atoms with Gasteiger partial charge < -0.3 is 0 Å². The summed E-state index contributed by atoms with van der Waals surface area (Å²) >= 11 is 0. The van der Waals surface area contributed by atoms with Crippen molar-refractivity contribution in [1.29, 1.82) is 0 Å². The summed E-state index contributed by atoms with van der Waals surface area (Å²) in [5.74, 6) is -0.287. The largest absolute Gasteiger partial charge is 0.285 e. The minimum atomic E-state index is -0.287. The van der Waals surface area contributed by atoms with E-state index in [-0.39, 0.29) is 5.82 Å². The predicted octanol–water partition coefficient (Wildman–Crippen LogP) is 3.99. The summed E-state index contributed by atoms with van der Waals surface area (Å²) in [6, 6.07) is 1.50. The molecule has 1 aliphatic heterocycles. The monoisotopic (exact) mass is 320 g/mol. The minimum Gasteiger partial charge on any atom is -0.285 e. The number of allylic oxidation sites excluding steroid dienone is 1. The average Bonchev–Trinajstić information content (AvgIpc) is 3.22. The van der Waals surface area contributed by atoms with Gasteiger partial charge >= 0.3 is 0 Å². The number of halogens is 1. The van der Waals surface area contributed by atoms with Crippen LogP contribution in [0, 0.1) is 5.82 Å². The molecule has 5 rings (SSSR count). The second-order valence-corrected chi connectivity index (χ2v) is 6.58. The van der Waals surface area contributed by atoms with Crippen molar-refractivity contribution >= 4 is 33.1 Å². The van der Waals surface area contributed by atoms with Gasteiger partial charge in [0.2, 0.25) is 0 Å². The number of aromatic nitrogens is 3. The number of aryl methyl sites for hydroxylation is 1. The van der Waals surface area contributed by atoms with Gasteiger partial charge in [0.15, 0.2) is 5.82 Å². The highest BCUT2D eigenvalue weighted by molar-refractivity contribution is 6.24. The SMILES string of the molecule is CC1=NCC=C1c1nc2c(F)cc3[nH]ncc3c2c2c1CCCC2. The van der Waals surface area contributed by atoms with E-state index in [0.717, 1.165) is 59.0 Å². The molecule has 0 bridgehead atoms. The molecule has 0 fully saturated rings. The molecule has 4 nitrogen and oxygen atoms in total. The number of nitrogens with one attached hydrogen (secondary N) is 1. The number of fused-ring (bicyclic) bond motifs is 5. The number of aromatic amines is 1. The van der Waals surface area contributed by atoms with Crippen molar-refractivity contribution in [1.82, 2.24) is 15.2 Å². The van der Waals surface area contributed by atoms with E-state index < -0.39 is 0 Å². The highest BCUT2D eigenvalue weighted by Gasteiger charge is 2.25. The van der Waals surface area contributed by atoms with Crippen molar-refractivity contribution in [3.63, 3.8) is 0 Å². The molecule has 0 radical (unpaired) electrons. The first kappa shape index (κ1) is 13.8. The summed E-state index contributed by atoms with van der Waals surface area (Å²) in [5, 5.41) is 8.89.